The fourth-order valence-electron chi connectivity index (χ4n) is 2.75. The van der Waals surface area contributed by atoms with Crippen molar-refractivity contribution in [1.82, 2.24) is 15.5 Å². The Kier molecular flexibility index (Phi) is 3.12. The molecule has 104 valence electrons. The molecule has 1 aliphatic heterocycles. The SMILES string of the molecule is CC1(C)NCc2c(-c3cc4ccccc4s3)n[nH]c21.Cl. The molecule has 2 aromatic heterocycles. The highest BCUT2D eigenvalue weighted by molar-refractivity contribution is 7.22. The van der Waals surface area contributed by atoms with Gasteiger partial charge >= 0.3 is 0 Å². The zero-order valence-corrected chi connectivity index (χ0v) is 13.0. The third-order valence-corrected chi connectivity index (χ3v) is 4.98. The van der Waals surface area contributed by atoms with Gasteiger partial charge in [0.25, 0.3) is 0 Å². The van der Waals surface area contributed by atoms with Gasteiger partial charge < -0.3 is 5.32 Å². The molecule has 0 spiro atoms. The van der Waals surface area contributed by atoms with Crippen LogP contribution in [0, 0.1) is 0 Å². The highest BCUT2D eigenvalue weighted by atomic mass is 35.5. The average molecular weight is 306 g/mol. The normalized spacial score (nSPS) is 16.1. The van der Waals surface area contributed by atoms with Crippen molar-refractivity contribution in [3.63, 3.8) is 0 Å². The summed E-state index contributed by atoms with van der Waals surface area (Å²) in [5.41, 5.74) is 3.64. The zero-order chi connectivity index (χ0) is 13.0. The highest BCUT2D eigenvalue weighted by Gasteiger charge is 2.34. The first-order valence-electron chi connectivity index (χ1n) is 6.47. The van der Waals surface area contributed by atoms with E-state index < -0.39 is 0 Å². The Morgan fingerprint density at radius 3 is 2.85 bits per heavy atom. The Labute approximate surface area is 127 Å². The number of aromatic amines is 1. The first kappa shape index (κ1) is 13.6. The number of nitrogens with one attached hydrogen (secondary N) is 2. The van der Waals surface area contributed by atoms with Crippen LogP contribution in [0.25, 0.3) is 20.7 Å². The van der Waals surface area contributed by atoms with Crippen LogP contribution in [0.1, 0.15) is 25.1 Å². The Balaban J connectivity index is 0.00000121. The van der Waals surface area contributed by atoms with E-state index >= 15 is 0 Å². The first-order chi connectivity index (χ1) is 9.15. The molecule has 3 heterocycles. The van der Waals surface area contributed by atoms with Crippen molar-refractivity contribution >= 4 is 33.8 Å². The second-order valence-electron chi connectivity index (χ2n) is 5.55. The summed E-state index contributed by atoms with van der Waals surface area (Å²) < 4.78 is 1.32. The monoisotopic (exact) mass is 305 g/mol. The van der Waals surface area contributed by atoms with Crippen LogP contribution in [0.15, 0.2) is 30.3 Å². The van der Waals surface area contributed by atoms with E-state index in [1.807, 2.05) is 11.3 Å². The summed E-state index contributed by atoms with van der Waals surface area (Å²) in [7, 11) is 0. The smallest absolute Gasteiger partial charge is 0.107 e. The number of hydrogen-bond donors (Lipinski definition) is 2. The Morgan fingerprint density at radius 1 is 1.25 bits per heavy atom. The zero-order valence-electron chi connectivity index (χ0n) is 11.4. The lowest BCUT2D eigenvalue weighted by Gasteiger charge is -2.17. The van der Waals surface area contributed by atoms with Crippen LogP contribution >= 0.6 is 23.7 Å². The molecule has 20 heavy (non-hydrogen) atoms. The average Bonchev–Trinajstić information content (AvgIpc) is 3.05. The van der Waals surface area contributed by atoms with Crippen molar-refractivity contribution < 1.29 is 0 Å². The molecular weight excluding hydrogens is 290 g/mol. The predicted octanol–water partition coefficient (Wildman–Crippen LogP) is 4.05. The summed E-state index contributed by atoms with van der Waals surface area (Å²) in [6.07, 6.45) is 0. The molecule has 0 amide bonds. The van der Waals surface area contributed by atoms with Crippen molar-refractivity contribution in [2.24, 2.45) is 0 Å². The van der Waals surface area contributed by atoms with E-state index in [0.717, 1.165) is 12.2 Å². The van der Waals surface area contributed by atoms with Gasteiger partial charge in [-0.05, 0) is 31.4 Å². The van der Waals surface area contributed by atoms with E-state index in [2.05, 4.69) is 59.7 Å². The predicted molar refractivity (Wildman–Crippen MR) is 86.5 cm³/mol. The molecule has 1 aromatic carbocycles. The molecule has 3 nitrogen and oxygen atoms in total. The van der Waals surface area contributed by atoms with Crippen molar-refractivity contribution in [2.75, 3.05) is 0 Å². The Bertz CT molecular complexity index is 739. The molecule has 0 saturated carbocycles. The molecular formula is C15H16ClN3S. The van der Waals surface area contributed by atoms with Crippen LogP contribution in [0.5, 0.6) is 0 Å². The highest BCUT2D eigenvalue weighted by Crippen LogP contribution is 2.39. The van der Waals surface area contributed by atoms with Gasteiger partial charge in [-0.25, -0.2) is 0 Å². The van der Waals surface area contributed by atoms with Crippen LogP contribution in [0.2, 0.25) is 0 Å². The van der Waals surface area contributed by atoms with Crippen molar-refractivity contribution in [2.45, 2.75) is 25.9 Å². The van der Waals surface area contributed by atoms with Crippen molar-refractivity contribution in [1.29, 1.82) is 0 Å². The Hall–Kier alpha value is -1.36. The summed E-state index contributed by atoms with van der Waals surface area (Å²) in [5.74, 6) is 0. The third kappa shape index (κ3) is 1.87. The van der Waals surface area contributed by atoms with Gasteiger partial charge in [0.2, 0.25) is 0 Å². The van der Waals surface area contributed by atoms with Crippen molar-refractivity contribution in [3.05, 3.63) is 41.6 Å². The van der Waals surface area contributed by atoms with Crippen LogP contribution in [-0.2, 0) is 12.1 Å². The lowest BCUT2D eigenvalue weighted by molar-refractivity contribution is 0.429. The number of fused-ring (bicyclic) bond motifs is 2. The largest absolute Gasteiger partial charge is 0.302 e. The van der Waals surface area contributed by atoms with E-state index in [4.69, 9.17) is 0 Å². The minimum absolute atomic E-state index is 0. The van der Waals surface area contributed by atoms with E-state index in [9.17, 15) is 0 Å². The minimum Gasteiger partial charge on any atom is -0.302 e. The van der Waals surface area contributed by atoms with Crippen LogP contribution in [0.3, 0.4) is 0 Å². The molecule has 0 atom stereocenters. The molecule has 0 aliphatic carbocycles. The second-order valence-corrected chi connectivity index (χ2v) is 6.64. The fraction of sp³-hybridized carbons (Fsp3) is 0.267. The standard InChI is InChI=1S/C15H15N3S.ClH/c1-15(2)14-10(8-16-15)13(17-18-14)12-7-9-5-3-4-6-11(9)19-12;/h3-7,16H,8H2,1-2H3,(H,17,18);1H. The third-order valence-electron chi connectivity index (χ3n) is 3.86. The topological polar surface area (TPSA) is 40.7 Å². The van der Waals surface area contributed by atoms with Gasteiger partial charge in [0.05, 0.1) is 16.1 Å². The number of H-pyrrole nitrogens is 1. The number of thiophene rings is 1. The molecule has 2 N–H and O–H groups in total. The van der Waals surface area contributed by atoms with Crippen LogP contribution in [0.4, 0.5) is 0 Å². The van der Waals surface area contributed by atoms with Crippen LogP contribution in [-0.4, -0.2) is 10.2 Å². The molecule has 0 saturated heterocycles. The summed E-state index contributed by atoms with van der Waals surface area (Å²) in [5, 5.41) is 12.6. The molecule has 0 fully saturated rings. The Morgan fingerprint density at radius 2 is 2.05 bits per heavy atom. The number of halogens is 1. The van der Waals surface area contributed by atoms with E-state index in [1.54, 1.807) is 0 Å². The molecule has 3 aromatic rings. The van der Waals surface area contributed by atoms with Gasteiger partial charge in [0.1, 0.15) is 5.69 Å². The summed E-state index contributed by atoms with van der Waals surface area (Å²) >= 11 is 1.81. The fourth-order valence-corrected chi connectivity index (χ4v) is 3.83. The molecule has 0 radical (unpaired) electrons. The second kappa shape index (κ2) is 4.58. The molecule has 0 bridgehead atoms. The van der Waals surface area contributed by atoms with Crippen molar-refractivity contribution in [3.8, 4) is 10.6 Å². The molecule has 4 rings (SSSR count). The number of hydrogen-bond acceptors (Lipinski definition) is 3. The minimum atomic E-state index is -0.00271. The first-order valence-corrected chi connectivity index (χ1v) is 7.28. The van der Waals surface area contributed by atoms with E-state index in [1.165, 1.54) is 26.2 Å². The number of benzene rings is 1. The van der Waals surface area contributed by atoms with Gasteiger partial charge in [0.15, 0.2) is 0 Å². The maximum absolute atomic E-state index is 4.54. The lowest BCUT2D eigenvalue weighted by Crippen LogP contribution is -2.29. The lowest BCUT2D eigenvalue weighted by atomic mass is 10.0. The van der Waals surface area contributed by atoms with E-state index in [0.29, 0.717) is 0 Å². The van der Waals surface area contributed by atoms with E-state index in [-0.39, 0.29) is 17.9 Å². The van der Waals surface area contributed by atoms with Gasteiger partial charge in [-0.3, -0.25) is 5.10 Å². The van der Waals surface area contributed by atoms with Gasteiger partial charge in [-0.1, -0.05) is 18.2 Å². The maximum Gasteiger partial charge on any atom is 0.107 e. The quantitative estimate of drug-likeness (QED) is 0.712. The number of rotatable bonds is 1. The van der Waals surface area contributed by atoms with Crippen LogP contribution < -0.4 is 5.32 Å². The molecule has 0 unspecified atom stereocenters. The number of nitrogens with zero attached hydrogens (tertiary/aromatic N) is 1. The van der Waals surface area contributed by atoms with Gasteiger partial charge in [-0.15, -0.1) is 23.7 Å². The molecule has 1 aliphatic rings. The summed E-state index contributed by atoms with van der Waals surface area (Å²) in [6.45, 7) is 5.26. The number of aromatic nitrogens is 2. The molecule has 5 heteroatoms. The summed E-state index contributed by atoms with van der Waals surface area (Å²) in [4.78, 5) is 1.25. The van der Waals surface area contributed by atoms with Gasteiger partial charge in [0, 0.05) is 16.8 Å². The maximum atomic E-state index is 4.54. The summed E-state index contributed by atoms with van der Waals surface area (Å²) in [6, 6.07) is 10.7. The van der Waals surface area contributed by atoms with Gasteiger partial charge in [-0.2, -0.15) is 5.10 Å².